The van der Waals surface area contributed by atoms with Crippen molar-refractivity contribution in [3.05, 3.63) is 58.7 Å². The Balaban J connectivity index is 1.50. The molecule has 1 aliphatic carbocycles. The van der Waals surface area contributed by atoms with Crippen molar-refractivity contribution in [2.75, 3.05) is 0 Å². The quantitative estimate of drug-likeness (QED) is 0.221. The minimum absolute atomic E-state index is 0.133. The van der Waals surface area contributed by atoms with Gasteiger partial charge in [-0.25, -0.2) is 0 Å². The predicted molar refractivity (Wildman–Crippen MR) is 136 cm³/mol. The van der Waals surface area contributed by atoms with Gasteiger partial charge in [-0.3, -0.25) is 20.4 Å². The molecule has 2 aromatic rings. The molecule has 1 aliphatic rings. The molecule has 33 heavy (non-hydrogen) atoms. The van der Waals surface area contributed by atoms with Crippen molar-refractivity contribution in [3.63, 3.8) is 0 Å². The fourth-order valence-corrected chi connectivity index (χ4v) is 4.64. The van der Waals surface area contributed by atoms with Crippen molar-refractivity contribution in [3.8, 4) is 11.1 Å². The average molecular weight is 449 g/mol. The van der Waals surface area contributed by atoms with Crippen LogP contribution in [0, 0.1) is 0 Å². The molecule has 0 radical (unpaired) electrons. The first-order chi connectivity index (χ1) is 16.1. The molecule has 2 aromatic carbocycles. The SMILES string of the molecule is CCCCCCCCc1ccc2c(c1)Cc1cc(C(=O)NNC(=O)CCCCCC)ccc1-2. The van der Waals surface area contributed by atoms with Gasteiger partial charge in [-0.2, -0.15) is 0 Å². The zero-order valence-corrected chi connectivity index (χ0v) is 20.5. The monoisotopic (exact) mass is 448 g/mol. The number of hydrogen-bond acceptors (Lipinski definition) is 2. The number of aryl methyl sites for hydroxylation is 1. The van der Waals surface area contributed by atoms with Gasteiger partial charge in [0.1, 0.15) is 0 Å². The van der Waals surface area contributed by atoms with Crippen molar-refractivity contribution in [1.29, 1.82) is 0 Å². The molecule has 0 aromatic heterocycles. The highest BCUT2D eigenvalue weighted by Gasteiger charge is 2.20. The second-order valence-electron chi connectivity index (χ2n) is 9.37. The lowest BCUT2D eigenvalue weighted by atomic mass is 9.99. The maximum absolute atomic E-state index is 12.5. The first-order valence-electron chi connectivity index (χ1n) is 13.0. The first-order valence-corrected chi connectivity index (χ1v) is 13.0. The highest BCUT2D eigenvalue weighted by Crippen LogP contribution is 2.37. The molecule has 4 heteroatoms. The fraction of sp³-hybridized carbons (Fsp3) is 0.517. The number of carbonyl (C=O) groups is 2. The number of carbonyl (C=O) groups excluding carboxylic acids is 2. The smallest absolute Gasteiger partial charge is 0.269 e. The van der Waals surface area contributed by atoms with Crippen molar-refractivity contribution >= 4 is 11.8 Å². The average Bonchev–Trinajstić information content (AvgIpc) is 3.19. The van der Waals surface area contributed by atoms with Crippen LogP contribution in [0.3, 0.4) is 0 Å². The standard InChI is InChI=1S/C29H40N2O2/c1-3-5-7-9-10-11-13-22-15-17-26-24(19-22)21-25-20-23(16-18-27(25)26)29(33)31-30-28(32)14-12-8-6-4-2/h15-20H,3-14,21H2,1-2H3,(H,30,32)(H,31,33). The lowest BCUT2D eigenvalue weighted by molar-refractivity contribution is -0.122. The topological polar surface area (TPSA) is 58.2 Å². The number of amides is 2. The highest BCUT2D eigenvalue weighted by atomic mass is 16.2. The van der Waals surface area contributed by atoms with E-state index in [1.165, 1.54) is 66.3 Å². The van der Waals surface area contributed by atoms with Crippen molar-refractivity contribution in [1.82, 2.24) is 10.9 Å². The third kappa shape index (κ3) is 7.45. The lowest BCUT2D eigenvalue weighted by Gasteiger charge is -2.09. The van der Waals surface area contributed by atoms with Crippen LogP contribution >= 0.6 is 0 Å². The Morgan fingerprint density at radius 2 is 1.36 bits per heavy atom. The Kier molecular flexibility index (Phi) is 9.99. The maximum atomic E-state index is 12.5. The van der Waals surface area contributed by atoms with Crippen molar-refractivity contribution < 1.29 is 9.59 Å². The number of unbranched alkanes of at least 4 members (excludes halogenated alkanes) is 8. The molecule has 4 nitrogen and oxygen atoms in total. The number of nitrogens with one attached hydrogen (secondary N) is 2. The summed E-state index contributed by atoms with van der Waals surface area (Å²) < 4.78 is 0. The van der Waals surface area contributed by atoms with Crippen LogP contribution in [0.25, 0.3) is 11.1 Å². The molecule has 3 rings (SSSR count). The number of rotatable bonds is 13. The third-order valence-electron chi connectivity index (χ3n) is 6.60. The summed E-state index contributed by atoms with van der Waals surface area (Å²) in [4.78, 5) is 24.5. The summed E-state index contributed by atoms with van der Waals surface area (Å²) >= 11 is 0. The molecule has 0 aliphatic heterocycles. The largest absolute Gasteiger partial charge is 0.273 e. The highest BCUT2D eigenvalue weighted by molar-refractivity contribution is 5.96. The van der Waals surface area contributed by atoms with Gasteiger partial charge in [-0.15, -0.1) is 0 Å². The Morgan fingerprint density at radius 1 is 0.727 bits per heavy atom. The number of fused-ring (bicyclic) bond motifs is 3. The summed E-state index contributed by atoms with van der Waals surface area (Å²) in [5, 5.41) is 0. The molecule has 0 fully saturated rings. The Bertz CT molecular complexity index is 935. The summed E-state index contributed by atoms with van der Waals surface area (Å²) in [7, 11) is 0. The van der Waals surface area contributed by atoms with E-state index in [1.807, 2.05) is 18.2 Å². The molecule has 178 valence electrons. The summed E-state index contributed by atoms with van der Waals surface area (Å²) in [6.45, 7) is 4.40. The van der Waals surface area contributed by atoms with Crippen LogP contribution in [-0.4, -0.2) is 11.8 Å². The first kappa shape index (κ1) is 25.0. The van der Waals surface area contributed by atoms with Crippen LogP contribution in [0.15, 0.2) is 36.4 Å². The summed E-state index contributed by atoms with van der Waals surface area (Å²) in [6, 6.07) is 12.7. The van der Waals surface area contributed by atoms with Crippen LogP contribution in [0.1, 0.15) is 112 Å². The van der Waals surface area contributed by atoms with Crippen LogP contribution in [-0.2, 0) is 17.6 Å². The van der Waals surface area contributed by atoms with E-state index >= 15 is 0 Å². The molecule has 0 atom stereocenters. The Hall–Kier alpha value is -2.62. The lowest BCUT2D eigenvalue weighted by Crippen LogP contribution is -2.41. The second-order valence-corrected chi connectivity index (χ2v) is 9.37. The van der Waals surface area contributed by atoms with Gasteiger partial charge in [0.2, 0.25) is 5.91 Å². The molecule has 2 N–H and O–H groups in total. The van der Waals surface area contributed by atoms with Gasteiger partial charge in [0, 0.05) is 12.0 Å². The predicted octanol–water partition coefficient (Wildman–Crippen LogP) is 6.89. The van der Waals surface area contributed by atoms with E-state index in [9.17, 15) is 9.59 Å². The summed E-state index contributed by atoms with van der Waals surface area (Å²) in [6.07, 6.45) is 14.5. The van der Waals surface area contributed by atoms with Gasteiger partial charge in [0.15, 0.2) is 0 Å². The van der Waals surface area contributed by atoms with Crippen molar-refractivity contribution in [2.24, 2.45) is 0 Å². The third-order valence-corrected chi connectivity index (χ3v) is 6.60. The Labute approximate surface area is 199 Å². The number of benzene rings is 2. The van der Waals surface area contributed by atoms with Crippen LogP contribution in [0.5, 0.6) is 0 Å². The summed E-state index contributed by atoms with van der Waals surface area (Å²) in [5.74, 6) is -0.398. The minimum atomic E-state index is -0.264. The molecule has 0 heterocycles. The van der Waals surface area contributed by atoms with Gasteiger partial charge < -0.3 is 0 Å². The fourth-order valence-electron chi connectivity index (χ4n) is 4.64. The van der Waals surface area contributed by atoms with E-state index < -0.39 is 0 Å². The molecular formula is C29H40N2O2. The van der Waals surface area contributed by atoms with Crippen molar-refractivity contribution in [2.45, 2.75) is 97.3 Å². The molecule has 0 bridgehead atoms. The van der Waals surface area contributed by atoms with E-state index in [2.05, 4.69) is 42.9 Å². The maximum Gasteiger partial charge on any atom is 0.269 e. The van der Waals surface area contributed by atoms with E-state index in [0.717, 1.165) is 38.5 Å². The Morgan fingerprint density at radius 3 is 2.12 bits per heavy atom. The van der Waals surface area contributed by atoms with Crippen LogP contribution in [0.4, 0.5) is 0 Å². The molecule has 2 amide bonds. The molecule has 0 spiro atoms. The zero-order chi connectivity index (χ0) is 23.5. The minimum Gasteiger partial charge on any atom is -0.273 e. The van der Waals surface area contributed by atoms with Gasteiger partial charge >= 0.3 is 0 Å². The molecular weight excluding hydrogens is 408 g/mol. The zero-order valence-electron chi connectivity index (χ0n) is 20.5. The van der Waals surface area contributed by atoms with Gasteiger partial charge in [-0.05, 0) is 65.6 Å². The number of hydrazine groups is 1. The van der Waals surface area contributed by atoms with Crippen LogP contribution < -0.4 is 10.9 Å². The molecule has 0 saturated carbocycles. The number of hydrogen-bond donors (Lipinski definition) is 2. The van der Waals surface area contributed by atoms with E-state index in [-0.39, 0.29) is 11.8 Å². The van der Waals surface area contributed by atoms with E-state index in [4.69, 9.17) is 0 Å². The van der Waals surface area contributed by atoms with Gasteiger partial charge in [-0.1, -0.05) is 89.5 Å². The van der Waals surface area contributed by atoms with E-state index in [1.54, 1.807) is 0 Å². The van der Waals surface area contributed by atoms with E-state index in [0.29, 0.717) is 12.0 Å². The normalized spacial score (nSPS) is 11.7. The van der Waals surface area contributed by atoms with Gasteiger partial charge in [0.25, 0.3) is 5.91 Å². The van der Waals surface area contributed by atoms with Gasteiger partial charge in [0.05, 0.1) is 0 Å². The molecule has 0 unspecified atom stereocenters. The second kappa shape index (κ2) is 13.2. The summed E-state index contributed by atoms with van der Waals surface area (Å²) in [5.41, 5.74) is 12.1. The van der Waals surface area contributed by atoms with Crippen LogP contribution in [0.2, 0.25) is 0 Å². The molecule has 0 saturated heterocycles.